The molecule has 0 saturated carbocycles. The molecule has 0 aliphatic heterocycles. The molecule has 0 aliphatic carbocycles. The summed E-state index contributed by atoms with van der Waals surface area (Å²) in [7, 11) is -1.29. The third-order valence-corrected chi connectivity index (χ3v) is 4.27. The zero-order valence-corrected chi connectivity index (χ0v) is 14.2. The summed E-state index contributed by atoms with van der Waals surface area (Å²) in [4.78, 5) is 22.6. The Morgan fingerprint density at radius 2 is 1.96 bits per heavy atom. The van der Waals surface area contributed by atoms with E-state index >= 15 is 0 Å². The zero-order valence-electron chi connectivity index (χ0n) is 13.4. The number of hydrogen-bond donors (Lipinski definition) is 1. The number of ether oxygens (including phenoxy) is 1. The van der Waals surface area contributed by atoms with Crippen molar-refractivity contribution < 1.29 is 28.1 Å². The Kier molecular flexibility index (Phi) is 5.92. The monoisotopic (exact) mass is 350 g/mol. The van der Waals surface area contributed by atoms with Crippen LogP contribution < -0.4 is 0 Å². The van der Waals surface area contributed by atoms with Gasteiger partial charge >= 0.3 is 11.9 Å². The van der Waals surface area contributed by atoms with Crippen LogP contribution in [0.2, 0.25) is 0 Å². The lowest BCUT2D eigenvalue weighted by Gasteiger charge is -2.09. The van der Waals surface area contributed by atoms with Crippen molar-refractivity contribution in [2.45, 2.75) is 31.5 Å². The van der Waals surface area contributed by atoms with E-state index in [4.69, 9.17) is 14.3 Å². The highest BCUT2D eigenvalue weighted by Gasteiger charge is 2.13. The summed E-state index contributed by atoms with van der Waals surface area (Å²) in [6.07, 6.45) is -0.210. The molecule has 0 radical (unpaired) electrons. The predicted octanol–water partition coefficient (Wildman–Crippen LogP) is 2.99. The number of benzene rings is 1. The van der Waals surface area contributed by atoms with Crippen molar-refractivity contribution in [3.63, 3.8) is 0 Å². The quantitative estimate of drug-likeness (QED) is 0.772. The maximum Gasteiger partial charge on any atom is 0.371 e. The Labute approximate surface area is 141 Å². The maximum atomic E-state index is 12.2. The van der Waals surface area contributed by atoms with E-state index in [9.17, 15) is 13.8 Å². The molecular formula is C17H18O6S. The molecule has 0 saturated heterocycles. The molecule has 0 fully saturated rings. The maximum absolute atomic E-state index is 12.2. The van der Waals surface area contributed by atoms with E-state index in [1.165, 1.54) is 12.1 Å². The van der Waals surface area contributed by atoms with Crippen molar-refractivity contribution in [3.05, 3.63) is 59.0 Å². The van der Waals surface area contributed by atoms with Crippen molar-refractivity contribution in [1.82, 2.24) is 0 Å². The Bertz CT molecular complexity index is 762. The molecule has 1 unspecified atom stereocenters. The number of carbonyl (C=O) groups excluding carboxylic acids is 1. The second kappa shape index (κ2) is 7.92. The summed E-state index contributed by atoms with van der Waals surface area (Å²) in [6, 6.07) is 9.60. The largest absolute Gasteiger partial charge is 0.475 e. The predicted molar refractivity (Wildman–Crippen MR) is 88.2 cm³/mol. The Balaban J connectivity index is 2.00. The molecule has 128 valence electrons. The highest BCUT2D eigenvalue weighted by atomic mass is 32.2. The number of furan rings is 1. The number of carboxylic acid groups (broad SMARTS) is 1. The van der Waals surface area contributed by atoms with Gasteiger partial charge in [0.15, 0.2) is 0 Å². The number of hydrogen-bond acceptors (Lipinski definition) is 5. The molecular weight excluding hydrogens is 332 g/mol. The van der Waals surface area contributed by atoms with Gasteiger partial charge in [-0.3, -0.25) is 4.21 Å². The fourth-order valence-corrected chi connectivity index (χ4v) is 3.16. The van der Waals surface area contributed by atoms with Crippen molar-refractivity contribution in [3.8, 4) is 0 Å². The number of rotatable bonds is 7. The van der Waals surface area contributed by atoms with E-state index in [1.807, 2.05) is 0 Å². The minimum absolute atomic E-state index is 0.105. The van der Waals surface area contributed by atoms with E-state index in [-0.39, 0.29) is 23.4 Å². The lowest BCUT2D eigenvalue weighted by atomic mass is 10.1. The number of carboxylic acids is 1. The Hall–Kier alpha value is -2.41. The van der Waals surface area contributed by atoms with Crippen molar-refractivity contribution in [2.24, 2.45) is 0 Å². The molecule has 0 amide bonds. The molecule has 6 nitrogen and oxygen atoms in total. The molecule has 0 bridgehead atoms. The molecule has 0 aliphatic rings. The molecule has 1 aromatic heterocycles. The first-order valence-electron chi connectivity index (χ1n) is 7.32. The summed E-state index contributed by atoms with van der Waals surface area (Å²) >= 11 is 0. The summed E-state index contributed by atoms with van der Waals surface area (Å²) in [5.74, 6) is -1.08. The van der Waals surface area contributed by atoms with Gasteiger partial charge in [-0.25, -0.2) is 9.59 Å². The van der Waals surface area contributed by atoms with E-state index in [1.54, 1.807) is 38.1 Å². The van der Waals surface area contributed by atoms with Crippen LogP contribution in [0.3, 0.4) is 0 Å². The molecule has 7 heteroatoms. The van der Waals surface area contributed by atoms with Crippen LogP contribution in [0.1, 0.15) is 46.1 Å². The standard InChI is InChI=1S/C17H18O6S/c1-11(2)22-17(20)13-5-3-4-12(8-13)9-24(21)10-14-6-7-15(23-14)16(18)19/h3-8,11H,9-10H2,1-2H3,(H,18,19). The molecule has 2 rings (SSSR count). The molecule has 1 heterocycles. The van der Waals surface area contributed by atoms with Gasteiger partial charge in [-0.1, -0.05) is 12.1 Å². The van der Waals surface area contributed by atoms with Crippen LogP contribution in [0.4, 0.5) is 0 Å². The average Bonchev–Trinajstić information content (AvgIpc) is 2.95. The van der Waals surface area contributed by atoms with Crippen LogP contribution in [0.15, 0.2) is 40.8 Å². The van der Waals surface area contributed by atoms with E-state index in [0.717, 1.165) is 5.56 Å². The van der Waals surface area contributed by atoms with Gasteiger partial charge in [0.2, 0.25) is 5.76 Å². The molecule has 1 aromatic carbocycles. The number of carbonyl (C=O) groups is 2. The van der Waals surface area contributed by atoms with Gasteiger partial charge in [-0.05, 0) is 43.7 Å². The molecule has 0 spiro atoms. The van der Waals surface area contributed by atoms with Gasteiger partial charge in [0.05, 0.1) is 17.4 Å². The second-order valence-corrected chi connectivity index (χ2v) is 6.91. The van der Waals surface area contributed by atoms with Gasteiger partial charge in [-0.2, -0.15) is 0 Å². The first-order chi connectivity index (χ1) is 11.3. The summed E-state index contributed by atoms with van der Waals surface area (Å²) in [5.41, 5.74) is 1.14. The van der Waals surface area contributed by atoms with Crippen molar-refractivity contribution in [1.29, 1.82) is 0 Å². The topological polar surface area (TPSA) is 93.8 Å². The molecule has 2 aromatic rings. The minimum Gasteiger partial charge on any atom is -0.475 e. The third-order valence-electron chi connectivity index (χ3n) is 3.01. The normalized spacial score (nSPS) is 12.1. The van der Waals surface area contributed by atoms with Gasteiger partial charge in [-0.15, -0.1) is 0 Å². The van der Waals surface area contributed by atoms with Crippen LogP contribution >= 0.6 is 0 Å². The first kappa shape index (κ1) is 17.9. The fourth-order valence-electron chi connectivity index (χ4n) is 2.04. The SMILES string of the molecule is CC(C)OC(=O)c1cccc(CS(=O)Cc2ccc(C(=O)O)o2)c1. The van der Waals surface area contributed by atoms with Crippen LogP contribution in [-0.4, -0.2) is 27.4 Å². The highest BCUT2D eigenvalue weighted by Crippen LogP contribution is 2.14. The first-order valence-corrected chi connectivity index (χ1v) is 8.81. The number of aromatic carboxylic acids is 1. The van der Waals surface area contributed by atoms with Crippen molar-refractivity contribution >= 4 is 22.7 Å². The van der Waals surface area contributed by atoms with Crippen LogP contribution in [-0.2, 0) is 27.0 Å². The molecule has 24 heavy (non-hydrogen) atoms. The van der Waals surface area contributed by atoms with E-state index in [0.29, 0.717) is 11.3 Å². The van der Waals surface area contributed by atoms with Gasteiger partial charge in [0.1, 0.15) is 5.76 Å². The second-order valence-electron chi connectivity index (χ2n) is 5.45. The summed E-state index contributed by atoms with van der Waals surface area (Å²) in [6.45, 7) is 3.54. The molecule has 1 N–H and O–H groups in total. The number of esters is 1. The van der Waals surface area contributed by atoms with Crippen LogP contribution in [0, 0.1) is 0 Å². The average molecular weight is 350 g/mol. The highest BCUT2D eigenvalue weighted by molar-refractivity contribution is 7.83. The summed E-state index contributed by atoms with van der Waals surface area (Å²) < 4.78 is 22.4. The summed E-state index contributed by atoms with van der Waals surface area (Å²) in [5, 5.41) is 8.80. The minimum atomic E-state index is -1.29. The van der Waals surface area contributed by atoms with Gasteiger partial charge in [0.25, 0.3) is 0 Å². The molecule has 1 atom stereocenters. The fraction of sp³-hybridized carbons (Fsp3) is 0.294. The third kappa shape index (κ3) is 5.06. The van der Waals surface area contributed by atoms with Crippen molar-refractivity contribution in [2.75, 3.05) is 0 Å². The van der Waals surface area contributed by atoms with E-state index in [2.05, 4.69) is 0 Å². The van der Waals surface area contributed by atoms with Crippen LogP contribution in [0.25, 0.3) is 0 Å². The van der Waals surface area contributed by atoms with Gasteiger partial charge in [0, 0.05) is 16.6 Å². The zero-order chi connectivity index (χ0) is 17.7. The lowest BCUT2D eigenvalue weighted by Crippen LogP contribution is -2.12. The Morgan fingerprint density at radius 1 is 1.21 bits per heavy atom. The Morgan fingerprint density at radius 3 is 2.58 bits per heavy atom. The van der Waals surface area contributed by atoms with Crippen LogP contribution in [0.5, 0.6) is 0 Å². The lowest BCUT2D eigenvalue weighted by molar-refractivity contribution is 0.0377. The van der Waals surface area contributed by atoms with E-state index < -0.39 is 22.7 Å². The van der Waals surface area contributed by atoms with Gasteiger partial charge < -0.3 is 14.3 Å². The smallest absolute Gasteiger partial charge is 0.371 e.